The van der Waals surface area contributed by atoms with Crippen LogP contribution in [0.3, 0.4) is 0 Å². The summed E-state index contributed by atoms with van der Waals surface area (Å²) in [6.07, 6.45) is 0.148. The maximum Gasteiger partial charge on any atom is 0.407 e. The zero-order chi connectivity index (χ0) is 46.0. The number of aromatic amines is 2. The van der Waals surface area contributed by atoms with Gasteiger partial charge in [0.2, 0.25) is 5.91 Å². The van der Waals surface area contributed by atoms with E-state index in [9.17, 15) is 19.2 Å². The lowest BCUT2D eigenvalue weighted by atomic mass is 9.98. The van der Waals surface area contributed by atoms with Crippen LogP contribution < -0.4 is 10.6 Å². The normalized spacial score (nSPS) is 22.2. The van der Waals surface area contributed by atoms with Crippen molar-refractivity contribution in [1.29, 1.82) is 0 Å². The monoisotopic (exact) mass is 890 g/mol. The van der Waals surface area contributed by atoms with E-state index >= 15 is 0 Å². The summed E-state index contributed by atoms with van der Waals surface area (Å²) in [5, 5.41) is 9.67. The number of piperidine rings is 1. The van der Waals surface area contributed by atoms with Crippen LogP contribution in [0.25, 0.3) is 54.7 Å². The molecule has 4 heterocycles. The minimum absolute atomic E-state index is 0.0722. The smallest absolute Gasteiger partial charge is 0.407 e. The van der Waals surface area contributed by atoms with Crippen LogP contribution in [-0.4, -0.2) is 100 Å². The van der Waals surface area contributed by atoms with Crippen molar-refractivity contribution >= 4 is 67.6 Å². The SMILES string of the molecule is COC[C@H]1C[C@@H](c2nc3ccc4cc(-c5ccc6c(ccc7nc([C@@H]8CC9C(C)C9N8C(=O)C(NC(=O)OC)C(C)C)[nH]c76)c5)ccc4c3[nH]2)N(C(=O)[C@H](NC(=O)OC)c2ccccc2)C1. The lowest BCUT2D eigenvalue weighted by molar-refractivity contribution is -0.137. The lowest BCUT2D eigenvalue weighted by Crippen LogP contribution is -2.52. The van der Waals surface area contributed by atoms with Gasteiger partial charge in [-0.1, -0.05) is 87.5 Å². The molecule has 15 nitrogen and oxygen atoms in total. The largest absolute Gasteiger partial charge is 0.453 e. The molecule has 5 aromatic carbocycles. The molecule has 4 amide bonds. The topological polar surface area (TPSA) is 184 Å². The zero-order valence-corrected chi connectivity index (χ0v) is 37.8. The number of nitrogens with one attached hydrogen (secondary N) is 4. The number of nitrogens with zero attached hydrogens (tertiary/aromatic N) is 4. The summed E-state index contributed by atoms with van der Waals surface area (Å²) in [5.41, 5.74) is 6.21. The summed E-state index contributed by atoms with van der Waals surface area (Å²) in [7, 11) is 4.25. The molecule has 3 aliphatic rings. The van der Waals surface area contributed by atoms with E-state index in [0.717, 1.165) is 67.0 Å². The van der Waals surface area contributed by atoms with Gasteiger partial charge in [-0.15, -0.1) is 0 Å². The van der Waals surface area contributed by atoms with E-state index in [1.807, 2.05) is 61.2 Å². The second-order valence-corrected chi connectivity index (χ2v) is 18.4. The molecule has 3 fully saturated rings. The van der Waals surface area contributed by atoms with Crippen LogP contribution in [-0.2, 0) is 23.8 Å². The Bertz CT molecular complexity index is 3020. The van der Waals surface area contributed by atoms with Gasteiger partial charge in [-0.05, 0) is 82.3 Å². The number of ether oxygens (including phenoxy) is 3. The second kappa shape index (κ2) is 17.1. The van der Waals surface area contributed by atoms with Crippen molar-refractivity contribution < 1.29 is 33.4 Å². The van der Waals surface area contributed by atoms with Crippen molar-refractivity contribution in [3.8, 4) is 11.1 Å². The molecule has 1 aliphatic carbocycles. The Morgan fingerprint density at radius 3 is 1.89 bits per heavy atom. The molecule has 4 N–H and O–H groups in total. The molecule has 8 atom stereocenters. The van der Waals surface area contributed by atoms with Crippen LogP contribution in [0, 0.1) is 23.7 Å². The Kier molecular flexibility index (Phi) is 11.1. The number of H-pyrrole nitrogens is 2. The van der Waals surface area contributed by atoms with E-state index in [0.29, 0.717) is 42.8 Å². The highest BCUT2D eigenvalue weighted by atomic mass is 16.5. The van der Waals surface area contributed by atoms with Gasteiger partial charge in [0.1, 0.15) is 23.7 Å². The van der Waals surface area contributed by atoms with Gasteiger partial charge < -0.3 is 44.6 Å². The van der Waals surface area contributed by atoms with E-state index in [2.05, 4.69) is 76.1 Å². The third-order valence-electron chi connectivity index (χ3n) is 14.2. The summed E-state index contributed by atoms with van der Waals surface area (Å²) in [6.45, 7) is 6.96. The first-order chi connectivity index (χ1) is 32.0. The number of fused-ring (bicyclic) bond motifs is 7. The number of rotatable bonds is 11. The molecule has 2 aliphatic heterocycles. The van der Waals surface area contributed by atoms with Crippen molar-refractivity contribution in [2.24, 2.45) is 23.7 Å². The maximum atomic E-state index is 14.4. The maximum absolute atomic E-state index is 14.4. The fourth-order valence-corrected chi connectivity index (χ4v) is 10.7. The van der Waals surface area contributed by atoms with Gasteiger partial charge >= 0.3 is 12.2 Å². The van der Waals surface area contributed by atoms with Gasteiger partial charge in [-0.3, -0.25) is 9.59 Å². The second-order valence-electron chi connectivity index (χ2n) is 18.4. The van der Waals surface area contributed by atoms with Crippen molar-refractivity contribution in [3.05, 3.63) is 108 Å². The predicted octanol–water partition coefficient (Wildman–Crippen LogP) is 8.33. The first kappa shape index (κ1) is 42.9. The number of imidazole rings is 2. The standard InChI is InChI=1S/C51H54N8O7/c1-26(2)41(56-50(62)65-5)49(61)59-40(23-36-27(3)45(36)59)47-53-38-19-15-33-22-31(13-17-35(33)44(38)55-47)30-12-16-34-32(21-30)14-18-37-43(34)54-46(52-37)39-20-28(25-64-4)24-58(39)48(60)42(57-51(63)66-6)29-10-8-7-9-11-29/h7-19,21-22,26-28,36,39-42,45H,20,23-25H2,1-6H3,(H,52,54)(H,53,55)(H,56,62)(H,57,63)/t27?,28-,36?,39-,40-,41?,42+,45?/m0/s1. The summed E-state index contributed by atoms with van der Waals surface area (Å²) >= 11 is 0. The molecule has 4 unspecified atom stereocenters. The van der Waals surface area contributed by atoms with Crippen LogP contribution in [0.2, 0.25) is 0 Å². The molecule has 0 spiro atoms. The Balaban J connectivity index is 0.929. The average Bonchev–Trinajstić information content (AvgIpc) is 3.94. The molecule has 2 aromatic heterocycles. The van der Waals surface area contributed by atoms with Gasteiger partial charge in [0.25, 0.3) is 5.91 Å². The minimum atomic E-state index is -0.944. The van der Waals surface area contributed by atoms with E-state index in [1.54, 1.807) is 12.0 Å². The first-order valence-corrected chi connectivity index (χ1v) is 22.7. The Morgan fingerprint density at radius 1 is 0.727 bits per heavy atom. The van der Waals surface area contributed by atoms with Crippen molar-refractivity contribution in [2.45, 2.75) is 63.8 Å². The number of amides is 4. The van der Waals surface area contributed by atoms with Crippen molar-refractivity contribution in [2.75, 3.05) is 34.5 Å². The van der Waals surface area contributed by atoms with Crippen LogP contribution in [0.5, 0.6) is 0 Å². The van der Waals surface area contributed by atoms with Gasteiger partial charge in [0.15, 0.2) is 0 Å². The third kappa shape index (κ3) is 7.54. The molecule has 340 valence electrons. The molecule has 10 rings (SSSR count). The number of carbonyl (C=O) groups excluding carboxylic acids is 4. The number of hydrogen-bond acceptors (Lipinski definition) is 9. The van der Waals surface area contributed by atoms with E-state index < -0.39 is 24.3 Å². The summed E-state index contributed by atoms with van der Waals surface area (Å²) < 4.78 is 15.3. The highest BCUT2D eigenvalue weighted by Crippen LogP contribution is 2.57. The van der Waals surface area contributed by atoms with Crippen LogP contribution >= 0.6 is 0 Å². The van der Waals surface area contributed by atoms with Crippen LogP contribution in [0.15, 0.2) is 91.0 Å². The summed E-state index contributed by atoms with van der Waals surface area (Å²) in [4.78, 5) is 74.4. The van der Waals surface area contributed by atoms with Crippen LogP contribution in [0.1, 0.15) is 69.0 Å². The Hall–Kier alpha value is -7.00. The van der Waals surface area contributed by atoms with Gasteiger partial charge in [0, 0.05) is 36.4 Å². The number of likely N-dealkylation sites (tertiary alicyclic amines) is 2. The van der Waals surface area contributed by atoms with Gasteiger partial charge in [0.05, 0.1) is 55.0 Å². The fraction of sp³-hybridized carbons (Fsp3) is 0.373. The Morgan fingerprint density at radius 2 is 1.32 bits per heavy atom. The van der Waals surface area contributed by atoms with E-state index in [-0.39, 0.29) is 41.8 Å². The molecule has 1 saturated carbocycles. The number of carbonyl (C=O) groups is 4. The number of hydrogen-bond donors (Lipinski definition) is 4. The molecular weight excluding hydrogens is 837 g/mol. The minimum Gasteiger partial charge on any atom is -0.453 e. The predicted molar refractivity (Wildman–Crippen MR) is 250 cm³/mol. The highest BCUT2D eigenvalue weighted by molar-refractivity contribution is 6.07. The molecular formula is C51H54N8O7. The third-order valence-corrected chi connectivity index (χ3v) is 14.2. The van der Waals surface area contributed by atoms with Crippen molar-refractivity contribution in [1.82, 2.24) is 40.4 Å². The molecule has 0 radical (unpaired) electrons. The summed E-state index contributed by atoms with van der Waals surface area (Å²) in [6, 6.07) is 28.1. The number of aromatic nitrogens is 4. The molecule has 0 bridgehead atoms. The molecule has 15 heteroatoms. The van der Waals surface area contributed by atoms with Gasteiger partial charge in [-0.25, -0.2) is 19.6 Å². The number of methoxy groups -OCH3 is 3. The molecule has 66 heavy (non-hydrogen) atoms. The molecule has 2 saturated heterocycles. The fourth-order valence-electron chi connectivity index (χ4n) is 10.7. The van der Waals surface area contributed by atoms with E-state index in [1.165, 1.54) is 14.2 Å². The first-order valence-electron chi connectivity index (χ1n) is 22.7. The highest BCUT2D eigenvalue weighted by Gasteiger charge is 2.61. The zero-order valence-electron chi connectivity index (χ0n) is 37.8. The van der Waals surface area contributed by atoms with E-state index in [4.69, 9.17) is 24.2 Å². The lowest BCUT2D eigenvalue weighted by Gasteiger charge is -2.32. The van der Waals surface area contributed by atoms with Gasteiger partial charge in [-0.2, -0.15) is 0 Å². The van der Waals surface area contributed by atoms with Crippen LogP contribution in [0.4, 0.5) is 9.59 Å². The number of benzene rings is 5. The average molecular weight is 891 g/mol. The van der Waals surface area contributed by atoms with Crippen molar-refractivity contribution in [3.63, 3.8) is 0 Å². The Labute approximate surface area is 381 Å². The number of alkyl carbamates (subject to hydrolysis) is 2. The quantitative estimate of drug-likeness (QED) is 0.0992. The summed E-state index contributed by atoms with van der Waals surface area (Å²) in [5.74, 6) is 1.81. The molecule has 7 aromatic rings.